The molecule has 1 aliphatic heterocycles. The summed E-state index contributed by atoms with van der Waals surface area (Å²) in [6.07, 6.45) is 3.20. The molecule has 7 nitrogen and oxygen atoms in total. The lowest BCUT2D eigenvalue weighted by Crippen LogP contribution is -2.48. The van der Waals surface area contributed by atoms with E-state index in [-0.39, 0.29) is 5.91 Å². The van der Waals surface area contributed by atoms with E-state index in [1.165, 1.54) is 5.56 Å². The predicted octanol–water partition coefficient (Wildman–Crippen LogP) is 4.11. The molecule has 0 N–H and O–H groups in total. The quantitative estimate of drug-likeness (QED) is 0.551. The molecule has 0 spiro atoms. The molecule has 4 rings (SSSR count). The van der Waals surface area contributed by atoms with Gasteiger partial charge in [0.1, 0.15) is 4.88 Å². The highest BCUT2D eigenvalue weighted by Crippen LogP contribution is 2.23. The minimum Gasteiger partial charge on any atom is -0.338 e. The Morgan fingerprint density at radius 2 is 1.84 bits per heavy atom. The fourth-order valence-corrected chi connectivity index (χ4v) is 4.74. The van der Waals surface area contributed by atoms with Gasteiger partial charge in [0.2, 0.25) is 11.7 Å². The van der Waals surface area contributed by atoms with Crippen molar-refractivity contribution in [3.8, 4) is 11.4 Å². The molecule has 1 aromatic carbocycles. The van der Waals surface area contributed by atoms with Gasteiger partial charge < -0.3 is 9.42 Å². The molecule has 2 aromatic heterocycles. The van der Waals surface area contributed by atoms with Crippen LogP contribution in [-0.2, 0) is 13.0 Å². The average Bonchev–Trinajstić information content (AvgIpc) is 3.39. The Bertz CT molecular complexity index is 1020. The molecule has 0 atom stereocenters. The Hall–Kier alpha value is -2.58. The standard InChI is InChI=1S/C23H29N5O2S/c1-4-5-6-20-24-17(3)21(31-20)23(29)28-13-11-27(12-14-28)15-19-25-22(26-30-19)18-9-7-16(2)8-10-18/h7-10H,4-6,11-15H2,1-3H3. The first-order chi connectivity index (χ1) is 15.0. The van der Waals surface area contributed by atoms with Gasteiger partial charge in [-0.2, -0.15) is 4.98 Å². The number of rotatable bonds is 7. The number of thiazole rings is 1. The summed E-state index contributed by atoms with van der Waals surface area (Å²) < 4.78 is 5.46. The summed E-state index contributed by atoms with van der Waals surface area (Å²) in [5.74, 6) is 1.33. The van der Waals surface area contributed by atoms with E-state index in [1.54, 1.807) is 11.3 Å². The van der Waals surface area contributed by atoms with E-state index >= 15 is 0 Å². The number of hydrogen-bond acceptors (Lipinski definition) is 7. The fraction of sp³-hybridized carbons (Fsp3) is 0.478. The van der Waals surface area contributed by atoms with Gasteiger partial charge in [-0.25, -0.2) is 4.98 Å². The Morgan fingerprint density at radius 3 is 2.55 bits per heavy atom. The van der Waals surface area contributed by atoms with Crippen LogP contribution < -0.4 is 0 Å². The number of amides is 1. The number of piperazine rings is 1. The number of carbonyl (C=O) groups excluding carboxylic acids is 1. The first-order valence-electron chi connectivity index (χ1n) is 10.9. The third-order valence-corrected chi connectivity index (χ3v) is 6.78. The van der Waals surface area contributed by atoms with Crippen LogP contribution in [0, 0.1) is 13.8 Å². The third kappa shape index (κ3) is 5.19. The van der Waals surface area contributed by atoms with Crippen molar-refractivity contribution in [1.29, 1.82) is 0 Å². The lowest BCUT2D eigenvalue weighted by molar-refractivity contribution is 0.0619. The second-order valence-corrected chi connectivity index (χ2v) is 9.16. The Balaban J connectivity index is 1.31. The zero-order chi connectivity index (χ0) is 21.8. The molecule has 0 radical (unpaired) electrons. The summed E-state index contributed by atoms with van der Waals surface area (Å²) in [6.45, 7) is 9.72. The molecule has 3 aromatic rings. The van der Waals surface area contributed by atoms with E-state index in [4.69, 9.17) is 4.52 Å². The molecule has 1 saturated heterocycles. The Kier molecular flexibility index (Phi) is 6.77. The molecule has 1 fully saturated rings. The van der Waals surface area contributed by atoms with Gasteiger partial charge in [-0.3, -0.25) is 9.69 Å². The number of nitrogens with zero attached hydrogens (tertiary/aromatic N) is 5. The molecule has 1 amide bonds. The molecule has 0 aliphatic carbocycles. The van der Waals surface area contributed by atoms with Gasteiger partial charge in [0.05, 0.1) is 17.2 Å². The summed E-state index contributed by atoms with van der Waals surface area (Å²) in [4.78, 5) is 27.1. The average molecular weight is 440 g/mol. The minimum absolute atomic E-state index is 0.108. The molecule has 1 aliphatic rings. The van der Waals surface area contributed by atoms with Crippen molar-refractivity contribution in [1.82, 2.24) is 24.9 Å². The summed E-state index contributed by atoms with van der Waals surface area (Å²) >= 11 is 1.56. The van der Waals surface area contributed by atoms with E-state index in [0.717, 1.165) is 53.5 Å². The smallest absolute Gasteiger partial charge is 0.265 e. The molecule has 164 valence electrons. The highest BCUT2D eigenvalue weighted by atomic mass is 32.1. The van der Waals surface area contributed by atoms with Crippen LogP contribution in [0.3, 0.4) is 0 Å². The van der Waals surface area contributed by atoms with E-state index in [9.17, 15) is 4.79 Å². The van der Waals surface area contributed by atoms with Gasteiger partial charge >= 0.3 is 0 Å². The van der Waals surface area contributed by atoms with Crippen molar-refractivity contribution in [2.45, 2.75) is 46.6 Å². The first-order valence-corrected chi connectivity index (χ1v) is 11.7. The summed E-state index contributed by atoms with van der Waals surface area (Å²) in [5.41, 5.74) is 3.01. The van der Waals surface area contributed by atoms with Crippen LogP contribution in [-0.4, -0.2) is 57.0 Å². The van der Waals surface area contributed by atoms with Crippen molar-refractivity contribution in [3.63, 3.8) is 0 Å². The number of aromatic nitrogens is 3. The Labute approximate surface area is 187 Å². The molecule has 0 saturated carbocycles. The summed E-state index contributed by atoms with van der Waals surface area (Å²) in [7, 11) is 0. The molecule has 31 heavy (non-hydrogen) atoms. The lowest BCUT2D eigenvalue weighted by Gasteiger charge is -2.33. The topological polar surface area (TPSA) is 75.4 Å². The highest BCUT2D eigenvalue weighted by Gasteiger charge is 2.26. The maximum Gasteiger partial charge on any atom is 0.265 e. The third-order valence-electron chi connectivity index (χ3n) is 5.58. The molecule has 0 unspecified atom stereocenters. The number of unbranched alkanes of at least 4 members (excludes halogenated alkanes) is 1. The number of carbonyl (C=O) groups is 1. The zero-order valence-corrected chi connectivity index (χ0v) is 19.2. The maximum absolute atomic E-state index is 13.0. The summed E-state index contributed by atoms with van der Waals surface area (Å²) in [5, 5.41) is 5.19. The molecular weight excluding hydrogens is 410 g/mol. The van der Waals surface area contributed by atoms with E-state index in [0.29, 0.717) is 31.3 Å². The normalized spacial score (nSPS) is 14.9. The lowest BCUT2D eigenvalue weighted by atomic mass is 10.1. The molecule has 0 bridgehead atoms. The van der Waals surface area contributed by atoms with Crippen LogP contribution in [0.1, 0.15) is 51.6 Å². The molecule has 8 heteroatoms. The van der Waals surface area contributed by atoms with Crippen LogP contribution in [0.5, 0.6) is 0 Å². The van der Waals surface area contributed by atoms with Crippen molar-refractivity contribution in [3.05, 3.63) is 51.3 Å². The second kappa shape index (κ2) is 9.70. The number of aryl methyl sites for hydroxylation is 3. The van der Waals surface area contributed by atoms with Crippen LogP contribution in [0.2, 0.25) is 0 Å². The first kappa shape index (κ1) is 21.6. The molecule has 3 heterocycles. The van der Waals surface area contributed by atoms with E-state index < -0.39 is 0 Å². The van der Waals surface area contributed by atoms with Crippen LogP contribution in [0.4, 0.5) is 0 Å². The van der Waals surface area contributed by atoms with Gasteiger partial charge in [-0.05, 0) is 26.7 Å². The zero-order valence-electron chi connectivity index (χ0n) is 18.4. The van der Waals surface area contributed by atoms with Gasteiger partial charge in [0.25, 0.3) is 5.91 Å². The minimum atomic E-state index is 0.108. The van der Waals surface area contributed by atoms with Crippen LogP contribution in [0.15, 0.2) is 28.8 Å². The highest BCUT2D eigenvalue weighted by molar-refractivity contribution is 7.13. The summed E-state index contributed by atoms with van der Waals surface area (Å²) in [6, 6.07) is 8.09. The van der Waals surface area contributed by atoms with Crippen molar-refractivity contribution in [2.75, 3.05) is 26.2 Å². The van der Waals surface area contributed by atoms with Crippen LogP contribution in [0.25, 0.3) is 11.4 Å². The second-order valence-electron chi connectivity index (χ2n) is 8.07. The largest absolute Gasteiger partial charge is 0.338 e. The predicted molar refractivity (Wildman–Crippen MR) is 121 cm³/mol. The van der Waals surface area contributed by atoms with Gasteiger partial charge in [-0.15, -0.1) is 11.3 Å². The monoisotopic (exact) mass is 439 g/mol. The van der Waals surface area contributed by atoms with Crippen LogP contribution >= 0.6 is 11.3 Å². The van der Waals surface area contributed by atoms with Crippen molar-refractivity contribution < 1.29 is 9.32 Å². The number of hydrogen-bond donors (Lipinski definition) is 0. The van der Waals surface area contributed by atoms with E-state index in [2.05, 4.69) is 33.9 Å². The van der Waals surface area contributed by atoms with Gasteiger partial charge in [0.15, 0.2) is 0 Å². The van der Waals surface area contributed by atoms with Crippen molar-refractivity contribution in [2.24, 2.45) is 0 Å². The van der Waals surface area contributed by atoms with Crippen molar-refractivity contribution >= 4 is 17.2 Å². The van der Waals surface area contributed by atoms with Gasteiger partial charge in [-0.1, -0.05) is 48.3 Å². The van der Waals surface area contributed by atoms with Gasteiger partial charge in [0, 0.05) is 31.7 Å². The number of benzene rings is 1. The molecular formula is C23H29N5O2S. The SMILES string of the molecule is CCCCc1nc(C)c(C(=O)N2CCN(Cc3nc(-c4ccc(C)cc4)no3)CC2)s1. The maximum atomic E-state index is 13.0. The Morgan fingerprint density at radius 1 is 1.10 bits per heavy atom. The van der Waals surface area contributed by atoms with E-state index in [1.807, 2.05) is 36.1 Å². The fourth-order valence-electron chi connectivity index (χ4n) is 3.67.